The van der Waals surface area contributed by atoms with Crippen molar-refractivity contribution >= 4 is 5.91 Å². The van der Waals surface area contributed by atoms with E-state index >= 15 is 0 Å². The molecule has 0 unspecified atom stereocenters. The van der Waals surface area contributed by atoms with Crippen LogP contribution < -0.4 is 14.8 Å². The molecule has 0 radical (unpaired) electrons. The predicted molar refractivity (Wildman–Crippen MR) is 96.9 cm³/mol. The molecule has 4 nitrogen and oxygen atoms in total. The van der Waals surface area contributed by atoms with Crippen LogP contribution in [0.2, 0.25) is 0 Å². The summed E-state index contributed by atoms with van der Waals surface area (Å²) < 4.78 is 10.6. The van der Waals surface area contributed by atoms with Crippen LogP contribution in [0.5, 0.6) is 11.5 Å². The molecule has 5 rings (SSSR count). The first-order valence-corrected chi connectivity index (χ1v) is 9.60. The van der Waals surface area contributed by atoms with Crippen molar-refractivity contribution in [2.45, 2.75) is 56.9 Å². The molecular weight excluding hydrogens is 314 g/mol. The van der Waals surface area contributed by atoms with Gasteiger partial charge in [-0.2, -0.15) is 0 Å². The van der Waals surface area contributed by atoms with Gasteiger partial charge in [-0.05, 0) is 80.4 Å². The molecule has 4 saturated carbocycles. The molecule has 1 N–H and O–H groups in total. The summed E-state index contributed by atoms with van der Waals surface area (Å²) in [6.07, 6.45) is 9.06. The molecule has 25 heavy (non-hydrogen) atoms. The van der Waals surface area contributed by atoms with Crippen LogP contribution >= 0.6 is 0 Å². The Bertz CT molecular complexity index is 597. The number of nitrogens with one attached hydrogen (secondary N) is 1. The van der Waals surface area contributed by atoms with E-state index in [2.05, 4.69) is 5.32 Å². The first kappa shape index (κ1) is 16.7. The molecule has 0 atom stereocenters. The zero-order valence-corrected chi connectivity index (χ0v) is 15.3. The van der Waals surface area contributed by atoms with E-state index in [9.17, 15) is 4.79 Å². The minimum atomic E-state index is 0.109. The van der Waals surface area contributed by atoms with E-state index in [4.69, 9.17) is 9.47 Å². The molecule has 4 aliphatic rings. The van der Waals surface area contributed by atoms with Crippen molar-refractivity contribution in [3.05, 3.63) is 23.8 Å². The molecule has 4 aliphatic carbocycles. The van der Waals surface area contributed by atoms with E-state index in [1.165, 1.54) is 38.5 Å². The number of rotatable bonds is 6. The molecule has 0 saturated heterocycles. The Balaban J connectivity index is 1.37. The number of carbonyl (C=O) groups excluding carboxylic acids is 1. The lowest BCUT2D eigenvalue weighted by Crippen LogP contribution is -2.59. The molecule has 0 heterocycles. The van der Waals surface area contributed by atoms with Gasteiger partial charge in [0.05, 0.1) is 14.2 Å². The number of carbonyl (C=O) groups is 1. The Morgan fingerprint density at radius 2 is 1.52 bits per heavy atom. The number of ether oxygens (including phenoxy) is 2. The highest BCUT2D eigenvalue weighted by atomic mass is 16.5. The monoisotopic (exact) mass is 343 g/mol. The lowest BCUT2D eigenvalue weighted by atomic mass is 9.53. The maximum absolute atomic E-state index is 12.6. The van der Waals surface area contributed by atoms with Gasteiger partial charge < -0.3 is 14.8 Å². The second-order valence-corrected chi connectivity index (χ2v) is 8.47. The summed E-state index contributed by atoms with van der Waals surface area (Å²) in [5.74, 6) is 4.31. The van der Waals surface area contributed by atoms with Gasteiger partial charge in [-0.25, -0.2) is 0 Å². The Labute approximate surface area is 150 Å². The summed E-state index contributed by atoms with van der Waals surface area (Å²) in [5, 5.41) is 3.45. The third-order valence-corrected chi connectivity index (χ3v) is 6.49. The lowest BCUT2D eigenvalue weighted by molar-refractivity contribution is -0.126. The van der Waals surface area contributed by atoms with E-state index in [1.807, 2.05) is 18.2 Å². The van der Waals surface area contributed by atoms with Crippen molar-refractivity contribution in [3.63, 3.8) is 0 Å². The van der Waals surface area contributed by atoms with E-state index < -0.39 is 0 Å². The van der Waals surface area contributed by atoms with E-state index in [1.54, 1.807) is 14.2 Å². The van der Waals surface area contributed by atoms with Crippen molar-refractivity contribution in [2.24, 2.45) is 17.8 Å². The first-order valence-electron chi connectivity index (χ1n) is 9.60. The van der Waals surface area contributed by atoms with Crippen LogP contribution in [0.3, 0.4) is 0 Å². The first-order chi connectivity index (χ1) is 12.1. The highest BCUT2D eigenvalue weighted by molar-refractivity contribution is 5.77. The SMILES string of the molecule is COc1cc(CCC(=O)NC23CC4CC(CC(C4)C2)C3)cc(OC)c1. The van der Waals surface area contributed by atoms with Gasteiger partial charge in [0.1, 0.15) is 11.5 Å². The second kappa shape index (κ2) is 6.54. The Morgan fingerprint density at radius 3 is 2.00 bits per heavy atom. The summed E-state index contributed by atoms with van der Waals surface area (Å²) in [5.41, 5.74) is 1.19. The van der Waals surface area contributed by atoms with Gasteiger partial charge in [0.2, 0.25) is 5.91 Å². The zero-order chi connectivity index (χ0) is 17.4. The van der Waals surface area contributed by atoms with Gasteiger partial charge in [-0.15, -0.1) is 0 Å². The number of hydrogen-bond acceptors (Lipinski definition) is 3. The molecule has 1 aromatic rings. The quantitative estimate of drug-likeness (QED) is 0.856. The van der Waals surface area contributed by atoms with Crippen molar-refractivity contribution in [1.82, 2.24) is 5.32 Å². The average molecular weight is 343 g/mol. The lowest BCUT2D eigenvalue weighted by Gasteiger charge is -2.56. The molecule has 0 aromatic heterocycles. The number of hydrogen-bond donors (Lipinski definition) is 1. The van der Waals surface area contributed by atoms with Crippen LogP contribution in [0.15, 0.2) is 18.2 Å². The van der Waals surface area contributed by atoms with Gasteiger partial charge >= 0.3 is 0 Å². The molecular formula is C21H29NO3. The summed E-state index contributed by atoms with van der Waals surface area (Å²) in [6, 6.07) is 5.83. The highest BCUT2D eigenvalue weighted by Crippen LogP contribution is 2.55. The van der Waals surface area contributed by atoms with Crippen molar-refractivity contribution in [3.8, 4) is 11.5 Å². The van der Waals surface area contributed by atoms with Crippen molar-refractivity contribution in [1.29, 1.82) is 0 Å². The standard InChI is InChI=1S/C21H29NO3/c1-24-18-8-14(9-19(10-18)25-2)3-4-20(23)22-21-11-15-5-16(12-21)7-17(6-15)13-21/h8-10,15-17H,3-7,11-13H2,1-2H3,(H,22,23). The van der Waals surface area contributed by atoms with Gasteiger partial charge in [0, 0.05) is 18.0 Å². The van der Waals surface area contributed by atoms with Crippen LogP contribution in [0.1, 0.15) is 50.5 Å². The molecule has 4 bridgehead atoms. The summed E-state index contributed by atoms with van der Waals surface area (Å²) >= 11 is 0. The minimum Gasteiger partial charge on any atom is -0.497 e. The maximum Gasteiger partial charge on any atom is 0.220 e. The van der Waals surface area contributed by atoms with Crippen LogP contribution in [-0.2, 0) is 11.2 Å². The largest absolute Gasteiger partial charge is 0.497 e. The molecule has 0 spiro atoms. The molecule has 1 amide bonds. The number of aryl methyl sites for hydroxylation is 1. The smallest absolute Gasteiger partial charge is 0.220 e. The summed E-state index contributed by atoms with van der Waals surface area (Å²) in [4.78, 5) is 12.6. The van der Waals surface area contributed by atoms with E-state index in [0.717, 1.165) is 34.8 Å². The Morgan fingerprint density at radius 1 is 1.00 bits per heavy atom. The number of amides is 1. The topological polar surface area (TPSA) is 47.6 Å². The van der Waals surface area contributed by atoms with Crippen LogP contribution in [0, 0.1) is 17.8 Å². The molecule has 136 valence electrons. The average Bonchev–Trinajstić information content (AvgIpc) is 2.58. The number of benzene rings is 1. The Kier molecular flexibility index (Phi) is 4.38. The van der Waals surface area contributed by atoms with Gasteiger partial charge in [0.15, 0.2) is 0 Å². The Hall–Kier alpha value is -1.71. The zero-order valence-electron chi connectivity index (χ0n) is 15.3. The summed E-state index contributed by atoms with van der Waals surface area (Å²) in [6.45, 7) is 0. The molecule has 4 heteroatoms. The van der Waals surface area contributed by atoms with Crippen LogP contribution in [0.25, 0.3) is 0 Å². The fourth-order valence-corrected chi connectivity index (χ4v) is 5.89. The molecule has 4 fully saturated rings. The molecule has 1 aromatic carbocycles. The number of methoxy groups -OCH3 is 2. The summed E-state index contributed by atoms with van der Waals surface area (Å²) in [7, 11) is 3.30. The van der Waals surface area contributed by atoms with Crippen molar-refractivity contribution < 1.29 is 14.3 Å². The molecule has 0 aliphatic heterocycles. The predicted octanol–water partition coefficient (Wildman–Crippen LogP) is 3.72. The fraction of sp³-hybridized carbons (Fsp3) is 0.667. The third kappa shape index (κ3) is 3.49. The van der Waals surface area contributed by atoms with E-state index in [-0.39, 0.29) is 11.4 Å². The van der Waals surface area contributed by atoms with Crippen LogP contribution in [0.4, 0.5) is 0 Å². The van der Waals surface area contributed by atoms with Crippen LogP contribution in [-0.4, -0.2) is 25.7 Å². The van der Waals surface area contributed by atoms with Gasteiger partial charge in [0.25, 0.3) is 0 Å². The highest BCUT2D eigenvalue weighted by Gasteiger charge is 2.51. The van der Waals surface area contributed by atoms with Gasteiger partial charge in [-0.3, -0.25) is 4.79 Å². The minimum absolute atomic E-state index is 0.109. The third-order valence-electron chi connectivity index (χ3n) is 6.49. The van der Waals surface area contributed by atoms with Gasteiger partial charge in [-0.1, -0.05) is 0 Å². The van der Waals surface area contributed by atoms with E-state index in [0.29, 0.717) is 12.8 Å². The second-order valence-electron chi connectivity index (χ2n) is 8.47. The fourth-order valence-electron chi connectivity index (χ4n) is 5.89. The maximum atomic E-state index is 12.6. The van der Waals surface area contributed by atoms with Crippen molar-refractivity contribution in [2.75, 3.05) is 14.2 Å². The normalized spacial score (nSPS) is 32.5.